The minimum Gasteiger partial charge on any atom is -1.00 e. The number of aromatic nitrogens is 1. The van der Waals surface area contributed by atoms with Crippen LogP contribution in [0.4, 0.5) is 0 Å². The number of carbonyl (C=O) groups is 1. The Balaban J connectivity index is 0.00000104. The van der Waals surface area contributed by atoms with E-state index >= 15 is 0 Å². The monoisotopic (exact) mass is 514 g/mol. The summed E-state index contributed by atoms with van der Waals surface area (Å²) in [7, 11) is 0. The van der Waals surface area contributed by atoms with Gasteiger partial charge in [0.1, 0.15) is 0 Å². The van der Waals surface area contributed by atoms with E-state index in [-0.39, 0.29) is 65.0 Å². The van der Waals surface area contributed by atoms with Crippen molar-refractivity contribution in [1.29, 1.82) is 0 Å². The van der Waals surface area contributed by atoms with E-state index in [4.69, 9.17) is 0 Å². The topological polar surface area (TPSA) is 62.0 Å². The van der Waals surface area contributed by atoms with E-state index in [1.807, 2.05) is 0 Å². The molecule has 0 aliphatic heterocycles. The van der Waals surface area contributed by atoms with Crippen molar-refractivity contribution in [3.05, 3.63) is 32.7 Å². The second-order valence-corrected chi connectivity index (χ2v) is 8.51. The molecule has 2 N–H and O–H groups in total. The summed E-state index contributed by atoms with van der Waals surface area (Å²) in [5.74, 6) is 2.51. The molecule has 4 nitrogen and oxygen atoms in total. The molecular weight excluding hydrogens is 494 g/mol. The summed E-state index contributed by atoms with van der Waals surface area (Å²) >= 11 is 3.33. The molecule has 7 heteroatoms. The fourth-order valence-electron chi connectivity index (χ4n) is 5.50. The third-order valence-corrected chi connectivity index (χ3v) is 6.56. The first-order valence-corrected chi connectivity index (χ1v) is 8.99. The van der Waals surface area contributed by atoms with Gasteiger partial charge >= 0.3 is 29.6 Å². The van der Waals surface area contributed by atoms with Gasteiger partial charge in [-0.15, -0.1) is 0 Å². The van der Waals surface area contributed by atoms with E-state index in [0.29, 0.717) is 15.5 Å². The van der Waals surface area contributed by atoms with Gasteiger partial charge in [0.25, 0.3) is 5.91 Å². The molecule has 0 spiro atoms. The van der Waals surface area contributed by atoms with Crippen molar-refractivity contribution in [1.82, 2.24) is 10.3 Å². The van der Waals surface area contributed by atoms with Crippen LogP contribution in [0.3, 0.4) is 0 Å². The number of nitrogens with one attached hydrogen (secondary N) is 2. The summed E-state index contributed by atoms with van der Waals surface area (Å²) in [4.78, 5) is 26.4. The minimum atomic E-state index is -0.247. The Kier molecular flexibility index (Phi) is 7.07. The first-order valence-electron chi connectivity index (χ1n) is 8.19. The Bertz CT molecular complexity index is 644. The zero-order chi connectivity index (χ0) is 15.3. The SMILES string of the molecule is O=C(NCC12CC3CC(CC(C3)C1)C2)c1cc(=O)[nH]cc1Br.[I-].[Na+]. The maximum atomic E-state index is 12.4. The number of amides is 1. The fourth-order valence-corrected chi connectivity index (χ4v) is 5.91. The van der Waals surface area contributed by atoms with Crippen molar-refractivity contribution in [2.75, 3.05) is 6.54 Å². The van der Waals surface area contributed by atoms with Crippen LogP contribution < -0.4 is 64.4 Å². The Hall–Kier alpha value is 0.630. The van der Waals surface area contributed by atoms with Gasteiger partial charge < -0.3 is 34.3 Å². The van der Waals surface area contributed by atoms with Gasteiger partial charge in [-0.2, -0.15) is 0 Å². The molecule has 0 atom stereocenters. The molecule has 126 valence electrons. The molecule has 0 unspecified atom stereocenters. The van der Waals surface area contributed by atoms with Crippen molar-refractivity contribution in [3.63, 3.8) is 0 Å². The second-order valence-electron chi connectivity index (χ2n) is 7.66. The van der Waals surface area contributed by atoms with Crippen LogP contribution in [-0.2, 0) is 0 Å². The van der Waals surface area contributed by atoms with E-state index in [1.54, 1.807) is 0 Å². The van der Waals surface area contributed by atoms with E-state index in [1.165, 1.54) is 50.8 Å². The first-order chi connectivity index (χ1) is 10.5. The van der Waals surface area contributed by atoms with E-state index < -0.39 is 0 Å². The molecule has 1 aromatic rings. The summed E-state index contributed by atoms with van der Waals surface area (Å²) in [6.07, 6.45) is 9.58. The first kappa shape index (κ1) is 20.9. The van der Waals surface area contributed by atoms with Crippen molar-refractivity contribution in [2.45, 2.75) is 38.5 Å². The number of hydrogen-bond donors (Lipinski definition) is 2. The van der Waals surface area contributed by atoms with E-state index in [0.717, 1.165) is 24.3 Å². The van der Waals surface area contributed by atoms with E-state index in [2.05, 4.69) is 26.2 Å². The average Bonchev–Trinajstić information content (AvgIpc) is 2.46. The maximum absolute atomic E-state index is 12.4. The predicted molar refractivity (Wildman–Crippen MR) is 87.7 cm³/mol. The standard InChI is InChI=1S/C17H21BrN2O2.HI.Na/c18-14-8-19-15(21)4-13(14)16(22)20-9-17-5-10-1-11(6-17)3-12(2-10)7-17;;/h4,8,10-12H,1-3,5-7,9H2,(H,19,21)(H,20,22);1H;/q;;+1/p-1. The van der Waals surface area contributed by atoms with Gasteiger partial charge in [-0.3, -0.25) is 9.59 Å². The number of carbonyl (C=O) groups excluding carboxylic acids is 1. The van der Waals surface area contributed by atoms with Crippen LogP contribution in [0.2, 0.25) is 0 Å². The normalized spacial score (nSPS) is 32.6. The van der Waals surface area contributed by atoms with Crippen LogP contribution in [-0.4, -0.2) is 17.4 Å². The number of rotatable bonds is 3. The number of pyridine rings is 1. The summed E-state index contributed by atoms with van der Waals surface area (Å²) in [6.45, 7) is 0.759. The van der Waals surface area contributed by atoms with Crippen LogP contribution in [0, 0.1) is 23.2 Å². The zero-order valence-corrected chi connectivity index (χ0v) is 19.7. The van der Waals surface area contributed by atoms with Gasteiger partial charge in [-0.1, -0.05) is 0 Å². The van der Waals surface area contributed by atoms with Gasteiger partial charge in [0.15, 0.2) is 0 Å². The van der Waals surface area contributed by atoms with Crippen LogP contribution in [0.5, 0.6) is 0 Å². The van der Waals surface area contributed by atoms with Gasteiger partial charge in [0, 0.05) is 23.3 Å². The molecule has 4 aliphatic rings. The molecule has 4 fully saturated rings. The predicted octanol–water partition coefficient (Wildman–Crippen LogP) is -2.91. The largest absolute Gasteiger partial charge is 1.00 e. The van der Waals surface area contributed by atoms with Gasteiger partial charge in [-0.05, 0) is 77.6 Å². The second kappa shape index (κ2) is 8.11. The third kappa shape index (κ3) is 4.13. The number of hydrogen-bond acceptors (Lipinski definition) is 2. The van der Waals surface area contributed by atoms with Crippen molar-refractivity contribution >= 4 is 21.8 Å². The van der Waals surface area contributed by atoms with Gasteiger partial charge in [-0.25, -0.2) is 0 Å². The van der Waals surface area contributed by atoms with Crippen LogP contribution >= 0.6 is 15.9 Å². The maximum Gasteiger partial charge on any atom is 1.00 e. The summed E-state index contributed by atoms with van der Waals surface area (Å²) in [5, 5.41) is 3.10. The third-order valence-electron chi connectivity index (χ3n) is 5.91. The van der Waals surface area contributed by atoms with Gasteiger partial charge in [0.05, 0.1) is 5.56 Å². The van der Waals surface area contributed by atoms with Crippen molar-refractivity contribution in [3.8, 4) is 0 Å². The Labute approximate surface area is 189 Å². The Morgan fingerprint density at radius 1 is 1.21 bits per heavy atom. The molecule has 1 amide bonds. The molecule has 4 bridgehead atoms. The molecular formula is C17H21BrIN2NaO2. The molecule has 5 rings (SSSR count). The molecule has 1 heterocycles. The molecule has 1 aromatic heterocycles. The van der Waals surface area contributed by atoms with Crippen LogP contribution in [0.1, 0.15) is 48.9 Å². The van der Waals surface area contributed by atoms with Crippen molar-refractivity contribution < 1.29 is 58.3 Å². The summed E-state index contributed by atoms with van der Waals surface area (Å²) in [6, 6.07) is 1.36. The molecule has 0 saturated heterocycles. The van der Waals surface area contributed by atoms with Crippen molar-refractivity contribution in [2.24, 2.45) is 23.2 Å². The summed E-state index contributed by atoms with van der Waals surface area (Å²) in [5.41, 5.74) is 0.495. The zero-order valence-electron chi connectivity index (χ0n) is 13.9. The minimum absolute atomic E-state index is 0. The number of aromatic amines is 1. The molecule has 0 aromatic carbocycles. The van der Waals surface area contributed by atoms with Crippen LogP contribution in [0.15, 0.2) is 21.5 Å². The fraction of sp³-hybridized carbons (Fsp3) is 0.647. The molecule has 24 heavy (non-hydrogen) atoms. The molecule has 0 radical (unpaired) electrons. The quantitative estimate of drug-likeness (QED) is 0.336. The average molecular weight is 515 g/mol. The summed E-state index contributed by atoms with van der Waals surface area (Å²) < 4.78 is 0.634. The Morgan fingerprint density at radius 2 is 1.75 bits per heavy atom. The van der Waals surface area contributed by atoms with E-state index in [9.17, 15) is 9.59 Å². The smallest absolute Gasteiger partial charge is 1.00 e. The number of H-pyrrole nitrogens is 1. The van der Waals surface area contributed by atoms with Crippen LogP contribution in [0.25, 0.3) is 0 Å². The molecule has 4 saturated carbocycles. The number of halogens is 2. The molecule has 4 aliphatic carbocycles. The Morgan fingerprint density at radius 3 is 2.29 bits per heavy atom. The van der Waals surface area contributed by atoms with Gasteiger partial charge in [0.2, 0.25) is 5.56 Å².